The normalized spacial score (nSPS) is 13.8. The van der Waals surface area contributed by atoms with Gasteiger partial charge in [0.25, 0.3) is 0 Å². The second-order valence-electron chi connectivity index (χ2n) is 7.64. The summed E-state index contributed by atoms with van der Waals surface area (Å²) in [5.74, 6) is -0.206. The molecule has 2 aromatic carbocycles. The molecule has 2 amide bonds. The molecule has 0 aliphatic carbocycles. The van der Waals surface area contributed by atoms with Crippen molar-refractivity contribution in [1.29, 1.82) is 0 Å². The first-order chi connectivity index (χ1) is 14.7. The maximum atomic E-state index is 12.7. The molecule has 6 heteroatoms. The van der Waals surface area contributed by atoms with Gasteiger partial charge in [-0.1, -0.05) is 60.7 Å². The van der Waals surface area contributed by atoms with Crippen LogP contribution in [0.3, 0.4) is 0 Å². The molecule has 0 unspecified atom stereocenters. The molecule has 0 bridgehead atoms. The lowest BCUT2D eigenvalue weighted by Crippen LogP contribution is -2.44. The predicted octanol–water partition coefficient (Wildman–Crippen LogP) is 2.20. The molecule has 3 rings (SSSR count). The molecule has 2 N–H and O–H groups in total. The predicted molar refractivity (Wildman–Crippen MR) is 117 cm³/mol. The van der Waals surface area contributed by atoms with Crippen LogP contribution in [0.15, 0.2) is 60.7 Å². The fourth-order valence-electron chi connectivity index (χ4n) is 3.95. The van der Waals surface area contributed by atoms with Crippen LogP contribution in [0.1, 0.15) is 36.4 Å². The lowest BCUT2D eigenvalue weighted by molar-refractivity contribution is -0.132. The third-order valence-electron chi connectivity index (χ3n) is 5.44. The van der Waals surface area contributed by atoms with E-state index in [1.807, 2.05) is 36.4 Å². The molecule has 160 valence electrons. The third kappa shape index (κ3) is 6.15. The minimum atomic E-state index is -0.183. The highest BCUT2D eigenvalue weighted by molar-refractivity contribution is 5.85. The Labute approximate surface area is 178 Å². The largest absolute Gasteiger partial charge is 0.396 e. The fraction of sp³-hybridized carbons (Fsp3) is 0.417. The van der Waals surface area contributed by atoms with Crippen molar-refractivity contribution in [2.45, 2.75) is 25.3 Å². The lowest BCUT2D eigenvalue weighted by atomic mass is 9.96. The van der Waals surface area contributed by atoms with Crippen molar-refractivity contribution in [3.05, 3.63) is 71.8 Å². The number of aliphatic hydroxyl groups excluding tert-OH is 1. The van der Waals surface area contributed by atoms with E-state index in [-0.39, 0.29) is 37.6 Å². The van der Waals surface area contributed by atoms with Gasteiger partial charge in [0.1, 0.15) is 0 Å². The minimum Gasteiger partial charge on any atom is -0.396 e. The van der Waals surface area contributed by atoms with Crippen molar-refractivity contribution >= 4 is 11.8 Å². The van der Waals surface area contributed by atoms with E-state index >= 15 is 0 Å². The Bertz CT molecular complexity index is 752. The number of nitrogens with one attached hydrogen (secondary N) is 1. The Kier molecular flexibility index (Phi) is 8.41. The van der Waals surface area contributed by atoms with Gasteiger partial charge in [0, 0.05) is 26.2 Å². The molecule has 30 heavy (non-hydrogen) atoms. The van der Waals surface area contributed by atoms with Crippen molar-refractivity contribution in [3.63, 3.8) is 0 Å². The van der Waals surface area contributed by atoms with Crippen molar-refractivity contribution in [1.82, 2.24) is 15.1 Å². The van der Waals surface area contributed by atoms with Gasteiger partial charge in [-0.15, -0.1) is 0 Å². The Morgan fingerprint density at radius 2 is 1.53 bits per heavy atom. The zero-order chi connectivity index (χ0) is 21.2. The van der Waals surface area contributed by atoms with E-state index in [1.165, 1.54) is 0 Å². The SMILES string of the molecule is O=C(CN(CCCO)C(c1ccccc1)c1ccccc1)NCC(=O)N1CCCC1. The number of nitrogens with zero attached hydrogens (tertiary/aromatic N) is 2. The van der Waals surface area contributed by atoms with Crippen LogP contribution < -0.4 is 5.32 Å². The molecule has 0 saturated carbocycles. The van der Waals surface area contributed by atoms with Gasteiger partial charge >= 0.3 is 0 Å². The van der Waals surface area contributed by atoms with Gasteiger partial charge < -0.3 is 15.3 Å². The minimum absolute atomic E-state index is 0.0228. The molecule has 0 aromatic heterocycles. The van der Waals surface area contributed by atoms with Gasteiger partial charge in [0.2, 0.25) is 11.8 Å². The Hall–Kier alpha value is -2.70. The first kappa shape index (κ1) is 22.0. The quantitative estimate of drug-likeness (QED) is 0.631. The molecule has 0 radical (unpaired) electrons. The van der Waals surface area contributed by atoms with E-state index in [9.17, 15) is 14.7 Å². The van der Waals surface area contributed by atoms with Crippen LogP contribution in [0.4, 0.5) is 0 Å². The van der Waals surface area contributed by atoms with Crippen LogP contribution in [0, 0.1) is 0 Å². The summed E-state index contributed by atoms with van der Waals surface area (Å²) in [7, 11) is 0. The van der Waals surface area contributed by atoms with Gasteiger partial charge in [-0.05, 0) is 30.4 Å². The highest BCUT2D eigenvalue weighted by atomic mass is 16.3. The number of carbonyl (C=O) groups is 2. The summed E-state index contributed by atoms with van der Waals surface area (Å²) in [6.45, 7) is 2.37. The van der Waals surface area contributed by atoms with Gasteiger partial charge in [0.15, 0.2) is 0 Å². The molecular weight excluding hydrogens is 378 g/mol. The number of rotatable bonds is 10. The highest BCUT2D eigenvalue weighted by Gasteiger charge is 2.25. The lowest BCUT2D eigenvalue weighted by Gasteiger charge is -2.32. The second-order valence-corrected chi connectivity index (χ2v) is 7.64. The molecule has 0 spiro atoms. The fourth-order valence-corrected chi connectivity index (χ4v) is 3.95. The second kappa shape index (κ2) is 11.5. The monoisotopic (exact) mass is 409 g/mol. The third-order valence-corrected chi connectivity index (χ3v) is 5.44. The van der Waals surface area contributed by atoms with Gasteiger partial charge in [-0.2, -0.15) is 0 Å². The summed E-state index contributed by atoms with van der Waals surface area (Å²) in [5, 5.41) is 12.2. The zero-order valence-corrected chi connectivity index (χ0v) is 17.4. The first-order valence-electron chi connectivity index (χ1n) is 10.7. The zero-order valence-electron chi connectivity index (χ0n) is 17.4. The number of hydrogen-bond donors (Lipinski definition) is 2. The van der Waals surface area contributed by atoms with Gasteiger partial charge in [-0.25, -0.2) is 0 Å². The smallest absolute Gasteiger partial charge is 0.241 e. The molecule has 1 aliphatic heterocycles. The van der Waals surface area contributed by atoms with E-state index in [1.54, 1.807) is 4.90 Å². The number of aliphatic hydroxyl groups is 1. The highest BCUT2D eigenvalue weighted by Crippen LogP contribution is 2.28. The van der Waals surface area contributed by atoms with Crippen LogP contribution in [-0.2, 0) is 9.59 Å². The summed E-state index contributed by atoms with van der Waals surface area (Å²) in [5.41, 5.74) is 2.17. The van der Waals surface area contributed by atoms with Crippen LogP contribution in [-0.4, -0.2) is 66.1 Å². The van der Waals surface area contributed by atoms with Crippen LogP contribution >= 0.6 is 0 Å². The average molecular weight is 410 g/mol. The summed E-state index contributed by atoms with van der Waals surface area (Å²) < 4.78 is 0. The van der Waals surface area contributed by atoms with Gasteiger partial charge in [-0.3, -0.25) is 14.5 Å². The number of carbonyl (C=O) groups excluding carboxylic acids is 2. The molecular formula is C24H31N3O3. The summed E-state index contributed by atoms with van der Waals surface area (Å²) in [6, 6.07) is 20.0. The van der Waals surface area contributed by atoms with Crippen LogP contribution in [0.25, 0.3) is 0 Å². The number of benzene rings is 2. The van der Waals surface area contributed by atoms with E-state index in [0.717, 1.165) is 37.1 Å². The molecule has 1 aliphatic rings. The number of hydrogen-bond acceptors (Lipinski definition) is 4. The van der Waals surface area contributed by atoms with Crippen LogP contribution in [0.2, 0.25) is 0 Å². The van der Waals surface area contributed by atoms with E-state index < -0.39 is 0 Å². The van der Waals surface area contributed by atoms with Crippen molar-refractivity contribution in [3.8, 4) is 0 Å². The van der Waals surface area contributed by atoms with Crippen LogP contribution in [0.5, 0.6) is 0 Å². The Morgan fingerprint density at radius 3 is 2.07 bits per heavy atom. The average Bonchev–Trinajstić information content (AvgIpc) is 3.32. The maximum Gasteiger partial charge on any atom is 0.241 e. The van der Waals surface area contributed by atoms with Gasteiger partial charge in [0.05, 0.1) is 19.1 Å². The summed E-state index contributed by atoms with van der Waals surface area (Å²) in [6.07, 6.45) is 2.63. The van der Waals surface area contributed by atoms with E-state index in [4.69, 9.17) is 0 Å². The Morgan fingerprint density at radius 1 is 0.967 bits per heavy atom. The van der Waals surface area contributed by atoms with E-state index in [2.05, 4.69) is 34.5 Å². The van der Waals surface area contributed by atoms with E-state index in [0.29, 0.717) is 13.0 Å². The first-order valence-corrected chi connectivity index (χ1v) is 10.7. The van der Waals surface area contributed by atoms with Crippen molar-refractivity contribution in [2.75, 3.05) is 39.3 Å². The van der Waals surface area contributed by atoms with Crippen molar-refractivity contribution < 1.29 is 14.7 Å². The number of amides is 2. The molecule has 2 aromatic rings. The standard InChI is InChI=1S/C24H31N3O3/c28-17-9-16-27(19-22(29)25-18-23(30)26-14-7-8-15-26)24(20-10-3-1-4-11-20)21-12-5-2-6-13-21/h1-6,10-13,24,28H,7-9,14-19H2,(H,25,29). The molecule has 1 saturated heterocycles. The summed E-state index contributed by atoms with van der Waals surface area (Å²) in [4.78, 5) is 28.8. The summed E-state index contributed by atoms with van der Waals surface area (Å²) >= 11 is 0. The Balaban J connectivity index is 1.73. The number of likely N-dealkylation sites (tertiary alicyclic amines) is 1. The molecule has 0 atom stereocenters. The van der Waals surface area contributed by atoms with Crippen molar-refractivity contribution in [2.24, 2.45) is 0 Å². The molecule has 1 fully saturated rings. The topological polar surface area (TPSA) is 72.9 Å². The maximum absolute atomic E-state index is 12.7. The molecule has 1 heterocycles. The molecule has 6 nitrogen and oxygen atoms in total.